The minimum Gasteiger partial charge on any atom is -0.488 e. The molecule has 0 spiro atoms. The Bertz CT molecular complexity index is 968. The van der Waals surface area contributed by atoms with Gasteiger partial charge < -0.3 is 18.4 Å². The van der Waals surface area contributed by atoms with Crippen LogP contribution < -0.4 is 4.74 Å². The Kier molecular flexibility index (Phi) is 10.2. The van der Waals surface area contributed by atoms with Crippen molar-refractivity contribution < 1.29 is 18.4 Å². The van der Waals surface area contributed by atoms with Crippen molar-refractivity contribution in [3.63, 3.8) is 0 Å². The molecule has 0 unspecified atom stereocenters. The molecule has 0 fully saturated rings. The lowest BCUT2D eigenvalue weighted by Crippen LogP contribution is -2.41. The third-order valence-corrected chi connectivity index (χ3v) is 17.6. The lowest BCUT2D eigenvalue weighted by atomic mass is 10.1. The predicted molar refractivity (Wildman–Crippen MR) is 153 cm³/mol. The Labute approximate surface area is 219 Å². The van der Waals surface area contributed by atoms with Gasteiger partial charge in [-0.3, -0.25) is 0 Å². The quantitative estimate of drug-likeness (QED) is 0.202. The van der Waals surface area contributed by atoms with Crippen LogP contribution in [0.2, 0.25) is 36.3 Å². The van der Waals surface area contributed by atoms with Crippen LogP contribution in [0.3, 0.4) is 0 Å². The van der Waals surface area contributed by atoms with Gasteiger partial charge in [-0.25, -0.2) is 0 Å². The summed E-state index contributed by atoms with van der Waals surface area (Å²) in [7, 11) is -3.76. The molecule has 0 aliphatic rings. The van der Waals surface area contributed by atoms with E-state index >= 15 is 0 Å². The molecule has 0 saturated heterocycles. The Morgan fingerprint density at radius 2 is 1.31 bits per heavy atom. The maximum absolute atomic E-state index is 10.6. The molecular weight excluding hydrogens is 489 g/mol. The second kappa shape index (κ2) is 11.9. The molecular formula is C28H46O4SSi2. The Hall–Kier alpha value is -1.26. The zero-order chi connectivity index (χ0) is 26.5. The van der Waals surface area contributed by atoms with Gasteiger partial charge in [0.05, 0.1) is 13.2 Å². The van der Waals surface area contributed by atoms with Gasteiger partial charge in [0.15, 0.2) is 16.6 Å². The van der Waals surface area contributed by atoms with Crippen LogP contribution in [0, 0.1) is 0 Å². The van der Waals surface area contributed by atoms with Gasteiger partial charge in [0.25, 0.3) is 0 Å². The highest BCUT2D eigenvalue weighted by molar-refractivity contribution is 7.11. The van der Waals surface area contributed by atoms with Crippen LogP contribution in [0.4, 0.5) is 0 Å². The van der Waals surface area contributed by atoms with E-state index in [0.717, 1.165) is 28.9 Å². The molecule has 7 heteroatoms. The average molecular weight is 535 g/mol. The van der Waals surface area contributed by atoms with Crippen molar-refractivity contribution in [2.24, 2.45) is 0 Å². The zero-order valence-electron chi connectivity index (χ0n) is 23.5. The van der Waals surface area contributed by atoms with Crippen LogP contribution in [0.1, 0.15) is 68.8 Å². The van der Waals surface area contributed by atoms with Gasteiger partial charge in [-0.1, -0.05) is 47.6 Å². The summed E-state index contributed by atoms with van der Waals surface area (Å²) in [4.78, 5) is 13.0. The number of rotatable bonds is 12. The molecule has 1 aromatic carbocycles. The number of aryl methyl sites for hydroxylation is 1. The molecule has 0 saturated carbocycles. The molecule has 1 heterocycles. The number of thiophene rings is 1. The van der Waals surface area contributed by atoms with E-state index in [1.807, 2.05) is 6.07 Å². The van der Waals surface area contributed by atoms with Crippen LogP contribution in [-0.4, -0.2) is 22.9 Å². The van der Waals surface area contributed by atoms with Crippen molar-refractivity contribution in [1.29, 1.82) is 0 Å². The molecule has 0 aliphatic carbocycles. The molecule has 196 valence electrons. The average Bonchev–Trinajstić information content (AvgIpc) is 3.20. The lowest BCUT2D eigenvalue weighted by molar-refractivity contribution is -0.107. The van der Waals surface area contributed by atoms with Crippen LogP contribution in [-0.2, 0) is 39.9 Å². The van der Waals surface area contributed by atoms with Gasteiger partial charge in [-0.2, -0.15) is 0 Å². The number of carbonyl (C=O) groups excluding carboxylic acids is 1. The predicted octanol–water partition coefficient (Wildman–Crippen LogP) is 8.50. The number of hydrogen-bond donors (Lipinski definition) is 0. The van der Waals surface area contributed by atoms with Gasteiger partial charge >= 0.3 is 0 Å². The number of benzene rings is 1. The third kappa shape index (κ3) is 8.67. The molecule has 2 aromatic rings. The van der Waals surface area contributed by atoms with Crippen molar-refractivity contribution in [3.05, 3.63) is 51.2 Å². The van der Waals surface area contributed by atoms with Gasteiger partial charge in [0, 0.05) is 16.2 Å². The fraction of sp³-hybridized carbons (Fsp3) is 0.607. The molecule has 0 radical (unpaired) electrons. The van der Waals surface area contributed by atoms with E-state index in [1.54, 1.807) is 11.3 Å². The minimum absolute atomic E-state index is 0.152. The molecule has 0 N–H and O–H groups in total. The fourth-order valence-corrected chi connectivity index (χ4v) is 5.75. The Morgan fingerprint density at radius 3 is 1.86 bits per heavy atom. The van der Waals surface area contributed by atoms with E-state index in [0.29, 0.717) is 26.2 Å². The van der Waals surface area contributed by atoms with Crippen molar-refractivity contribution in [2.45, 2.75) is 110 Å². The number of ether oxygens (including phenoxy) is 1. The molecule has 0 aliphatic heterocycles. The number of aldehydes is 1. The molecule has 0 atom stereocenters. The molecule has 1 aromatic heterocycles. The van der Waals surface area contributed by atoms with Gasteiger partial charge in [-0.05, 0) is 78.1 Å². The van der Waals surface area contributed by atoms with Crippen LogP contribution >= 0.6 is 11.3 Å². The summed E-state index contributed by atoms with van der Waals surface area (Å²) >= 11 is 1.71. The Balaban J connectivity index is 2.19. The van der Waals surface area contributed by atoms with Crippen LogP contribution in [0.25, 0.3) is 0 Å². The monoisotopic (exact) mass is 534 g/mol. The largest absolute Gasteiger partial charge is 0.488 e. The van der Waals surface area contributed by atoms with Gasteiger partial charge in [-0.15, -0.1) is 11.3 Å². The van der Waals surface area contributed by atoms with E-state index < -0.39 is 16.6 Å². The van der Waals surface area contributed by atoms with Crippen LogP contribution in [0.15, 0.2) is 30.3 Å². The second-order valence-corrected chi connectivity index (χ2v) is 23.3. The van der Waals surface area contributed by atoms with Crippen molar-refractivity contribution >= 4 is 34.3 Å². The summed E-state index contributed by atoms with van der Waals surface area (Å²) in [6.45, 7) is 24.5. The highest BCUT2D eigenvalue weighted by atomic mass is 32.1. The SMILES string of the molecule is CC(C)(C)[Si](C)(C)OCc1ccc(OCc2ccc(CCC=O)s2)cc1CO[Si](C)(C)C(C)(C)C. The first-order valence-corrected chi connectivity index (χ1v) is 19.2. The maximum Gasteiger partial charge on any atom is 0.192 e. The summed E-state index contributed by atoms with van der Waals surface area (Å²) < 4.78 is 19.3. The van der Waals surface area contributed by atoms with E-state index in [4.69, 9.17) is 13.6 Å². The van der Waals surface area contributed by atoms with Crippen molar-refractivity contribution in [1.82, 2.24) is 0 Å². The highest BCUT2D eigenvalue weighted by Crippen LogP contribution is 2.39. The first-order valence-electron chi connectivity index (χ1n) is 12.6. The summed E-state index contributed by atoms with van der Waals surface area (Å²) in [5.74, 6) is 0.845. The first-order chi connectivity index (χ1) is 16.1. The van der Waals surface area contributed by atoms with E-state index in [1.165, 1.54) is 10.4 Å². The summed E-state index contributed by atoms with van der Waals surface area (Å²) in [6.07, 6.45) is 2.34. The number of carbonyl (C=O) groups is 1. The van der Waals surface area contributed by atoms with Gasteiger partial charge in [0.1, 0.15) is 18.6 Å². The Morgan fingerprint density at radius 1 is 0.771 bits per heavy atom. The molecule has 0 amide bonds. The highest BCUT2D eigenvalue weighted by Gasteiger charge is 2.38. The van der Waals surface area contributed by atoms with Gasteiger partial charge in [0.2, 0.25) is 0 Å². The molecule has 2 rings (SSSR count). The third-order valence-electron chi connectivity index (χ3n) is 7.57. The normalized spacial score (nSPS) is 13.2. The molecule has 4 nitrogen and oxygen atoms in total. The summed E-state index contributed by atoms with van der Waals surface area (Å²) in [6, 6.07) is 10.5. The van der Waals surface area contributed by atoms with Crippen molar-refractivity contribution in [3.8, 4) is 5.75 Å². The number of hydrogen-bond acceptors (Lipinski definition) is 5. The maximum atomic E-state index is 10.6. The smallest absolute Gasteiger partial charge is 0.192 e. The standard InChI is InChI=1S/C28H46O4SSi2/c1-27(2,3)34(7,8)31-19-22-13-14-24(18-23(22)20-32-35(9,10)28(4,5)6)30-21-26-16-15-25(33-26)12-11-17-29/h13-18H,11-12,19-21H2,1-10H3. The first kappa shape index (κ1) is 30.0. The van der Waals surface area contributed by atoms with Crippen molar-refractivity contribution in [2.75, 3.05) is 0 Å². The zero-order valence-corrected chi connectivity index (χ0v) is 26.4. The minimum atomic E-state index is -1.89. The lowest BCUT2D eigenvalue weighted by Gasteiger charge is -2.37. The molecule has 35 heavy (non-hydrogen) atoms. The summed E-state index contributed by atoms with van der Waals surface area (Å²) in [5, 5.41) is 0.318. The molecule has 0 bridgehead atoms. The fourth-order valence-electron chi connectivity index (χ4n) is 2.91. The van der Waals surface area contributed by atoms with E-state index in [-0.39, 0.29) is 10.1 Å². The van der Waals surface area contributed by atoms with E-state index in [2.05, 4.69) is 92.0 Å². The van der Waals surface area contributed by atoms with E-state index in [9.17, 15) is 4.79 Å². The second-order valence-electron chi connectivity index (χ2n) is 12.4. The van der Waals surface area contributed by atoms with Crippen LogP contribution in [0.5, 0.6) is 5.75 Å². The topological polar surface area (TPSA) is 44.8 Å². The summed E-state index contributed by atoms with van der Waals surface area (Å²) in [5.41, 5.74) is 2.32.